The van der Waals surface area contributed by atoms with Gasteiger partial charge in [-0.15, -0.1) is 0 Å². The van der Waals surface area contributed by atoms with Crippen LogP contribution in [0.3, 0.4) is 0 Å². The third-order valence-corrected chi connectivity index (χ3v) is 4.57. The molecule has 2 bridgehead atoms. The fourth-order valence-corrected chi connectivity index (χ4v) is 3.82. The minimum Gasteiger partial charge on any atom is -1.00 e. The molecule has 2 heterocycles. The fourth-order valence-electron chi connectivity index (χ4n) is 3.82. The summed E-state index contributed by atoms with van der Waals surface area (Å²) in [6.07, 6.45) is 7.06. The first kappa shape index (κ1) is 16.3. The Morgan fingerprint density at radius 2 is 1.61 bits per heavy atom. The minimum absolute atomic E-state index is 0. The molecule has 0 spiro atoms. The van der Waals surface area contributed by atoms with Crippen LogP contribution in [-0.4, -0.2) is 44.2 Å². The normalized spacial score (nSPS) is 32.0. The number of hydrogen-bond acceptors (Lipinski definition) is 1. The molecule has 2 aliphatic rings. The number of piperidine rings is 2. The van der Waals surface area contributed by atoms with Crippen molar-refractivity contribution in [2.24, 2.45) is 11.8 Å². The molecule has 0 aromatic heterocycles. The third-order valence-electron chi connectivity index (χ3n) is 4.57. The molecule has 108 valence electrons. The number of nitrogens with one attached hydrogen (secondary N) is 1. The van der Waals surface area contributed by atoms with Crippen molar-refractivity contribution in [3.63, 3.8) is 0 Å². The van der Waals surface area contributed by atoms with Crippen LogP contribution in [0.4, 0.5) is 0 Å². The molecule has 2 atom stereocenters. The molecule has 0 aromatic rings. The maximum atomic E-state index is 2.75. The zero-order valence-corrected chi connectivity index (χ0v) is 13.0. The van der Waals surface area contributed by atoms with E-state index in [1.165, 1.54) is 71.4 Å². The number of unbranched alkanes of at least 4 members (excludes halogenated alkanes) is 2. The molecule has 2 nitrogen and oxygen atoms in total. The van der Waals surface area contributed by atoms with E-state index in [-0.39, 0.29) is 12.4 Å². The monoisotopic (exact) mass is 274 g/mol. The van der Waals surface area contributed by atoms with Crippen molar-refractivity contribution in [1.29, 1.82) is 0 Å². The van der Waals surface area contributed by atoms with E-state index in [1.807, 2.05) is 4.90 Å². The van der Waals surface area contributed by atoms with Crippen LogP contribution in [0.25, 0.3) is 0 Å². The highest BCUT2D eigenvalue weighted by Gasteiger charge is 2.35. The number of rotatable bonds is 6. The molecule has 2 saturated heterocycles. The van der Waals surface area contributed by atoms with E-state index in [2.05, 4.69) is 18.7 Å². The number of fused-ring (bicyclic) bond motifs is 2. The molecule has 0 amide bonds. The van der Waals surface area contributed by atoms with Crippen molar-refractivity contribution < 1.29 is 17.3 Å². The summed E-state index contributed by atoms with van der Waals surface area (Å²) < 4.78 is 0. The summed E-state index contributed by atoms with van der Waals surface area (Å²) in [5.74, 6) is 2.01. The van der Waals surface area contributed by atoms with Gasteiger partial charge in [-0.25, -0.2) is 0 Å². The Morgan fingerprint density at radius 3 is 2.17 bits per heavy atom. The minimum atomic E-state index is 0. The van der Waals surface area contributed by atoms with Crippen LogP contribution in [0, 0.1) is 11.8 Å². The highest BCUT2D eigenvalue weighted by Crippen LogP contribution is 2.22. The molecule has 18 heavy (non-hydrogen) atoms. The van der Waals surface area contributed by atoms with Gasteiger partial charge in [0.1, 0.15) is 0 Å². The van der Waals surface area contributed by atoms with Gasteiger partial charge >= 0.3 is 0 Å². The summed E-state index contributed by atoms with van der Waals surface area (Å²) >= 11 is 0. The quantitative estimate of drug-likeness (QED) is 0.615. The highest BCUT2D eigenvalue weighted by atomic mass is 35.5. The van der Waals surface area contributed by atoms with E-state index in [4.69, 9.17) is 0 Å². The molecule has 0 aliphatic carbocycles. The second-order valence-electron chi connectivity index (χ2n) is 6.34. The first-order valence-electron chi connectivity index (χ1n) is 7.87. The SMILES string of the molecule is CCCCN1CC2CC(C1)C[NH+](CCCC)C2.[Cl-]. The Hall–Kier alpha value is 0.210. The van der Waals surface area contributed by atoms with Gasteiger partial charge in [0, 0.05) is 24.9 Å². The molecule has 0 saturated carbocycles. The van der Waals surface area contributed by atoms with Gasteiger partial charge in [0.25, 0.3) is 0 Å². The Balaban J connectivity index is 0.00000162. The molecule has 2 aliphatic heterocycles. The summed E-state index contributed by atoms with van der Waals surface area (Å²) in [4.78, 5) is 4.65. The number of likely N-dealkylation sites (tertiary alicyclic amines) is 2. The van der Waals surface area contributed by atoms with Crippen LogP contribution in [0.5, 0.6) is 0 Å². The van der Waals surface area contributed by atoms with Crippen LogP contribution in [0.1, 0.15) is 46.0 Å². The average Bonchev–Trinajstić information content (AvgIpc) is 2.33. The van der Waals surface area contributed by atoms with Crippen molar-refractivity contribution in [1.82, 2.24) is 4.90 Å². The van der Waals surface area contributed by atoms with Gasteiger partial charge in [-0.05, 0) is 25.8 Å². The first-order chi connectivity index (χ1) is 8.31. The van der Waals surface area contributed by atoms with Crippen LogP contribution in [-0.2, 0) is 0 Å². The molecule has 0 aromatic carbocycles. The number of halogens is 1. The number of hydrogen-bond donors (Lipinski definition) is 1. The predicted molar refractivity (Wildman–Crippen MR) is 73.4 cm³/mol. The Morgan fingerprint density at radius 1 is 1.00 bits per heavy atom. The molecule has 1 N–H and O–H groups in total. The van der Waals surface area contributed by atoms with Gasteiger partial charge in [0.05, 0.1) is 19.6 Å². The number of nitrogens with zero attached hydrogens (tertiary/aromatic N) is 1. The van der Waals surface area contributed by atoms with E-state index in [1.54, 1.807) is 0 Å². The lowest BCUT2D eigenvalue weighted by Gasteiger charge is -2.43. The zero-order chi connectivity index (χ0) is 12.1. The summed E-state index contributed by atoms with van der Waals surface area (Å²) in [7, 11) is 0. The van der Waals surface area contributed by atoms with Crippen LogP contribution < -0.4 is 17.3 Å². The smallest absolute Gasteiger partial charge is 0.0812 e. The van der Waals surface area contributed by atoms with Crippen LogP contribution >= 0.6 is 0 Å². The van der Waals surface area contributed by atoms with Crippen molar-refractivity contribution in [3.05, 3.63) is 0 Å². The van der Waals surface area contributed by atoms with Crippen molar-refractivity contribution >= 4 is 0 Å². The van der Waals surface area contributed by atoms with E-state index in [0.29, 0.717) is 0 Å². The van der Waals surface area contributed by atoms with Crippen LogP contribution in [0.15, 0.2) is 0 Å². The lowest BCUT2D eigenvalue weighted by Crippen LogP contribution is -3.15. The average molecular weight is 275 g/mol. The second-order valence-corrected chi connectivity index (χ2v) is 6.34. The van der Waals surface area contributed by atoms with Crippen molar-refractivity contribution in [3.8, 4) is 0 Å². The lowest BCUT2D eigenvalue weighted by molar-refractivity contribution is -0.913. The first-order valence-corrected chi connectivity index (χ1v) is 7.87. The Kier molecular flexibility index (Phi) is 7.59. The maximum absolute atomic E-state index is 2.75. The molecular weight excluding hydrogens is 244 g/mol. The summed E-state index contributed by atoms with van der Waals surface area (Å²) in [6, 6.07) is 0. The van der Waals surface area contributed by atoms with Gasteiger partial charge < -0.3 is 22.2 Å². The van der Waals surface area contributed by atoms with Gasteiger partial charge in [-0.2, -0.15) is 0 Å². The third kappa shape index (κ3) is 4.71. The Bertz CT molecular complexity index is 189. The van der Waals surface area contributed by atoms with Gasteiger partial charge in [-0.3, -0.25) is 0 Å². The predicted octanol–water partition coefficient (Wildman–Crippen LogP) is -1.57. The molecule has 3 heteroatoms. The molecule has 2 rings (SSSR count). The molecular formula is C15H31ClN2. The van der Waals surface area contributed by atoms with Crippen molar-refractivity contribution in [2.45, 2.75) is 46.0 Å². The van der Waals surface area contributed by atoms with Crippen LogP contribution in [0.2, 0.25) is 0 Å². The highest BCUT2D eigenvalue weighted by molar-refractivity contribution is 4.81. The second kappa shape index (κ2) is 8.39. The summed E-state index contributed by atoms with van der Waals surface area (Å²) in [6.45, 7) is 13.1. The Labute approximate surface area is 120 Å². The molecule has 2 unspecified atom stereocenters. The summed E-state index contributed by atoms with van der Waals surface area (Å²) in [5, 5.41) is 0. The van der Waals surface area contributed by atoms with E-state index in [0.717, 1.165) is 11.8 Å². The standard InChI is InChI=1S/C15H30N2.ClH/c1-3-5-7-16-10-14-9-15(11-16)13-17(12-14)8-6-4-2;/h14-15H,3-13H2,1-2H3;1H. The maximum Gasteiger partial charge on any atom is 0.0812 e. The fraction of sp³-hybridized carbons (Fsp3) is 1.00. The van der Waals surface area contributed by atoms with Gasteiger partial charge in [-0.1, -0.05) is 26.7 Å². The van der Waals surface area contributed by atoms with Crippen molar-refractivity contribution in [2.75, 3.05) is 39.3 Å². The summed E-state index contributed by atoms with van der Waals surface area (Å²) in [5.41, 5.74) is 0. The number of quaternary nitrogens is 1. The van der Waals surface area contributed by atoms with Gasteiger partial charge in [0.2, 0.25) is 0 Å². The molecule has 2 fully saturated rings. The zero-order valence-electron chi connectivity index (χ0n) is 12.3. The van der Waals surface area contributed by atoms with E-state index < -0.39 is 0 Å². The van der Waals surface area contributed by atoms with E-state index in [9.17, 15) is 0 Å². The van der Waals surface area contributed by atoms with Gasteiger partial charge in [0.15, 0.2) is 0 Å². The topological polar surface area (TPSA) is 7.68 Å². The largest absolute Gasteiger partial charge is 1.00 e. The molecule has 0 radical (unpaired) electrons. The lowest BCUT2D eigenvalue weighted by atomic mass is 9.84. The van der Waals surface area contributed by atoms with E-state index >= 15 is 0 Å².